The maximum Gasteiger partial charge on any atom is 0.403 e. The van der Waals surface area contributed by atoms with Crippen molar-refractivity contribution in [3.05, 3.63) is 30.6 Å². The first-order valence-electron chi connectivity index (χ1n) is 3.86. The van der Waals surface area contributed by atoms with Crippen LogP contribution in [-0.4, -0.2) is 17.5 Å². The van der Waals surface area contributed by atoms with E-state index in [0.29, 0.717) is 0 Å². The minimum atomic E-state index is -0.773. The van der Waals surface area contributed by atoms with Gasteiger partial charge in [-0.15, -0.1) is 0 Å². The Balaban J connectivity index is 0. The van der Waals surface area contributed by atoms with Crippen LogP contribution in [0.15, 0.2) is 30.6 Å². The van der Waals surface area contributed by atoms with Crippen molar-refractivity contribution in [3.63, 3.8) is 0 Å². The molecule has 0 aliphatic carbocycles. The Morgan fingerprint density at radius 3 is 1.69 bits per heavy atom. The molecule has 0 unspecified atom stereocenters. The molecule has 1 aromatic rings. The van der Waals surface area contributed by atoms with E-state index in [9.17, 15) is 4.79 Å². The summed E-state index contributed by atoms with van der Waals surface area (Å²) in [4.78, 5) is 13.1. The molecule has 0 saturated heterocycles. The predicted molar refractivity (Wildman–Crippen MR) is 53.8 cm³/mol. The average Bonchev–Trinajstić information content (AvgIpc) is 2.24. The first-order valence-corrected chi connectivity index (χ1v) is 4.23. The fourth-order valence-corrected chi connectivity index (χ4v) is 0.313. The molecule has 0 bridgehead atoms. The van der Waals surface area contributed by atoms with E-state index in [4.69, 9.17) is 0 Å². The summed E-state index contributed by atoms with van der Waals surface area (Å²) < 4.78 is 3.88. The van der Waals surface area contributed by atoms with Gasteiger partial charge in [-0.3, -0.25) is 4.98 Å². The highest BCUT2D eigenvalue weighted by Crippen LogP contribution is 1.78. The van der Waals surface area contributed by atoms with Crippen LogP contribution in [-0.2, 0) is 4.74 Å². The molecule has 0 saturated carbocycles. The number of halogens is 1. The van der Waals surface area contributed by atoms with Gasteiger partial charge in [-0.2, -0.15) is 0 Å². The second kappa shape index (κ2) is 13.5. The maximum absolute atomic E-state index is 9.36. The maximum atomic E-state index is 9.36. The fraction of sp³-hybridized carbons (Fsp3) is 0.333. The lowest BCUT2D eigenvalue weighted by molar-refractivity contribution is 0.198. The van der Waals surface area contributed by atoms with Gasteiger partial charge in [0.1, 0.15) is 0 Å². The number of hydrogen-bond donors (Lipinski definition) is 0. The largest absolute Gasteiger partial charge is 0.457 e. The van der Waals surface area contributed by atoms with Crippen molar-refractivity contribution in [2.24, 2.45) is 0 Å². The highest BCUT2D eigenvalue weighted by molar-refractivity contribution is 6.61. The third kappa shape index (κ3) is 18.1. The lowest BCUT2D eigenvalue weighted by atomic mass is 10.5. The van der Waals surface area contributed by atoms with Gasteiger partial charge in [0.05, 0.1) is 7.11 Å². The Kier molecular flexibility index (Phi) is 15.0. The van der Waals surface area contributed by atoms with Crippen LogP contribution in [0, 0.1) is 0 Å². The number of nitrogens with zero attached hydrogens (tertiary/aromatic N) is 1. The predicted octanol–water partition coefficient (Wildman–Crippen LogP) is 3.10. The lowest BCUT2D eigenvalue weighted by Gasteiger charge is -1.77. The van der Waals surface area contributed by atoms with Crippen molar-refractivity contribution in [2.75, 3.05) is 7.11 Å². The van der Waals surface area contributed by atoms with Crippen LogP contribution >= 0.6 is 11.6 Å². The van der Waals surface area contributed by atoms with E-state index >= 15 is 0 Å². The summed E-state index contributed by atoms with van der Waals surface area (Å²) in [5, 5.41) is 0. The molecule has 3 nitrogen and oxygen atoms in total. The van der Waals surface area contributed by atoms with E-state index in [2.05, 4.69) is 21.3 Å². The molecule has 13 heavy (non-hydrogen) atoms. The molecule has 0 amide bonds. The van der Waals surface area contributed by atoms with Crippen molar-refractivity contribution < 1.29 is 9.53 Å². The van der Waals surface area contributed by atoms with E-state index in [0.717, 1.165) is 0 Å². The smallest absolute Gasteiger partial charge is 0.403 e. The third-order valence-electron chi connectivity index (χ3n) is 0.727. The number of carbonyl (C=O) groups excluding carboxylic acids is 1. The standard InChI is InChI=1S/C5H5N.C2H3ClO2.C2H6/c1-2-4-6-5-3-1;1-5-2(3)4;1-2/h1-5H;1H3;1-2H3. The van der Waals surface area contributed by atoms with E-state index < -0.39 is 5.43 Å². The summed E-state index contributed by atoms with van der Waals surface area (Å²) in [6.45, 7) is 4.00. The molecule has 0 spiro atoms. The first-order chi connectivity index (χ1) is 6.27. The van der Waals surface area contributed by atoms with Crippen molar-refractivity contribution in [1.29, 1.82) is 0 Å². The summed E-state index contributed by atoms with van der Waals surface area (Å²) in [6.07, 6.45) is 3.50. The molecule has 0 aromatic carbocycles. The zero-order valence-electron chi connectivity index (χ0n) is 8.03. The molecule has 0 radical (unpaired) electrons. The molecule has 1 aromatic heterocycles. The highest BCUT2D eigenvalue weighted by atomic mass is 35.5. The van der Waals surface area contributed by atoms with Crippen LogP contribution < -0.4 is 0 Å². The minimum absolute atomic E-state index is 0.773. The minimum Gasteiger partial charge on any atom is -0.457 e. The lowest BCUT2D eigenvalue weighted by Crippen LogP contribution is -1.80. The Morgan fingerprint density at radius 2 is 1.62 bits per heavy atom. The van der Waals surface area contributed by atoms with Gasteiger partial charge >= 0.3 is 5.43 Å². The molecule has 1 heterocycles. The molecule has 74 valence electrons. The zero-order chi connectivity index (χ0) is 10.5. The van der Waals surface area contributed by atoms with Crippen molar-refractivity contribution in [1.82, 2.24) is 4.98 Å². The summed E-state index contributed by atoms with van der Waals surface area (Å²) in [7, 11) is 1.22. The van der Waals surface area contributed by atoms with Gasteiger partial charge in [0.25, 0.3) is 0 Å². The number of ether oxygens (including phenoxy) is 1. The van der Waals surface area contributed by atoms with Crippen LogP contribution in [0.25, 0.3) is 0 Å². The molecule has 4 heteroatoms. The molecular weight excluding hydrogens is 190 g/mol. The third-order valence-corrected chi connectivity index (χ3v) is 0.881. The van der Waals surface area contributed by atoms with Gasteiger partial charge in [0, 0.05) is 24.0 Å². The summed E-state index contributed by atoms with van der Waals surface area (Å²) in [5.74, 6) is 0. The van der Waals surface area contributed by atoms with Crippen LogP contribution in [0.4, 0.5) is 4.79 Å². The van der Waals surface area contributed by atoms with E-state index in [1.165, 1.54) is 7.11 Å². The molecule has 1 rings (SSSR count). The van der Waals surface area contributed by atoms with Gasteiger partial charge in [-0.25, -0.2) is 4.79 Å². The molecule has 0 aliphatic heterocycles. The highest BCUT2D eigenvalue weighted by Gasteiger charge is 1.80. The van der Waals surface area contributed by atoms with Crippen LogP contribution in [0.3, 0.4) is 0 Å². The van der Waals surface area contributed by atoms with E-state index in [1.807, 2.05) is 32.0 Å². The number of rotatable bonds is 0. The second-order valence-corrected chi connectivity index (χ2v) is 1.77. The summed E-state index contributed by atoms with van der Waals surface area (Å²) in [5.41, 5.74) is -0.773. The monoisotopic (exact) mass is 203 g/mol. The normalized spacial score (nSPS) is 6.77. The Morgan fingerprint density at radius 1 is 1.23 bits per heavy atom. The quantitative estimate of drug-likeness (QED) is 0.609. The van der Waals surface area contributed by atoms with Crippen molar-refractivity contribution >= 4 is 17.0 Å². The average molecular weight is 204 g/mol. The molecular formula is C9H14ClNO2. The number of carbonyl (C=O) groups is 1. The van der Waals surface area contributed by atoms with Gasteiger partial charge in [0.2, 0.25) is 0 Å². The number of aromatic nitrogens is 1. The summed E-state index contributed by atoms with van der Waals surface area (Å²) >= 11 is 4.60. The zero-order valence-corrected chi connectivity index (χ0v) is 8.78. The number of methoxy groups -OCH3 is 1. The Hall–Kier alpha value is -1.09. The van der Waals surface area contributed by atoms with Gasteiger partial charge in [0.15, 0.2) is 0 Å². The number of pyridine rings is 1. The fourth-order valence-electron chi connectivity index (χ4n) is 0.313. The van der Waals surface area contributed by atoms with Gasteiger partial charge in [-0.1, -0.05) is 19.9 Å². The van der Waals surface area contributed by atoms with Gasteiger partial charge < -0.3 is 4.74 Å². The number of hydrogen-bond acceptors (Lipinski definition) is 3. The summed E-state index contributed by atoms with van der Waals surface area (Å²) in [6, 6.07) is 5.72. The van der Waals surface area contributed by atoms with E-state index in [-0.39, 0.29) is 0 Å². The van der Waals surface area contributed by atoms with E-state index in [1.54, 1.807) is 12.4 Å². The topological polar surface area (TPSA) is 39.2 Å². The van der Waals surface area contributed by atoms with Crippen LogP contribution in [0.2, 0.25) is 0 Å². The van der Waals surface area contributed by atoms with Crippen molar-refractivity contribution in [3.8, 4) is 0 Å². The molecule has 0 fully saturated rings. The van der Waals surface area contributed by atoms with Crippen molar-refractivity contribution in [2.45, 2.75) is 13.8 Å². The van der Waals surface area contributed by atoms with Crippen LogP contribution in [0.5, 0.6) is 0 Å². The molecule has 0 N–H and O–H groups in total. The van der Waals surface area contributed by atoms with Gasteiger partial charge in [-0.05, 0) is 12.1 Å². The molecule has 0 aliphatic rings. The Labute approximate surface area is 83.7 Å². The van der Waals surface area contributed by atoms with Crippen LogP contribution in [0.1, 0.15) is 13.8 Å². The SMILES string of the molecule is CC.COC(=O)Cl.c1ccncc1. The molecule has 0 atom stereocenters. The second-order valence-electron chi connectivity index (χ2n) is 1.47. The Bertz CT molecular complexity index is 165. The first kappa shape index (κ1) is 14.4.